The van der Waals surface area contributed by atoms with Crippen molar-refractivity contribution in [2.24, 2.45) is 4.99 Å². The second kappa shape index (κ2) is 7.00. The number of aliphatic hydroxyl groups excluding tert-OH is 1. The number of hydrogen-bond acceptors (Lipinski definition) is 6. The van der Waals surface area contributed by atoms with Crippen LogP contribution in [0.4, 0.5) is 0 Å². The lowest BCUT2D eigenvalue weighted by Gasteiger charge is -2.19. The van der Waals surface area contributed by atoms with Crippen LogP contribution in [0.3, 0.4) is 0 Å². The third-order valence-corrected chi connectivity index (χ3v) is 3.12. The van der Waals surface area contributed by atoms with Gasteiger partial charge in [0.2, 0.25) is 0 Å². The van der Waals surface area contributed by atoms with Crippen molar-refractivity contribution < 1.29 is 14.6 Å². The van der Waals surface area contributed by atoms with E-state index in [2.05, 4.69) is 15.6 Å². The van der Waals surface area contributed by atoms with Gasteiger partial charge in [0.15, 0.2) is 5.96 Å². The molecular weight excluding hydrogens is 258 g/mol. The lowest BCUT2D eigenvalue weighted by Crippen LogP contribution is -2.42. The van der Waals surface area contributed by atoms with Crippen molar-refractivity contribution in [1.29, 1.82) is 0 Å². The van der Waals surface area contributed by atoms with Crippen molar-refractivity contribution in [2.45, 2.75) is 12.5 Å². The molecule has 1 aromatic carbocycles. The van der Waals surface area contributed by atoms with Crippen molar-refractivity contribution in [3.8, 4) is 11.5 Å². The second-order valence-electron chi connectivity index (χ2n) is 4.55. The largest absolute Gasteiger partial charge is 0.497 e. The van der Waals surface area contributed by atoms with Crippen LogP contribution in [0, 0.1) is 0 Å². The Morgan fingerprint density at radius 1 is 1.30 bits per heavy atom. The molecule has 0 fully saturated rings. The van der Waals surface area contributed by atoms with E-state index in [1.54, 1.807) is 32.4 Å². The molecule has 1 aromatic rings. The smallest absolute Gasteiger partial charge is 0.191 e. The van der Waals surface area contributed by atoms with Crippen LogP contribution in [0.15, 0.2) is 23.2 Å². The topological polar surface area (TPSA) is 75.1 Å². The van der Waals surface area contributed by atoms with Crippen molar-refractivity contribution in [2.75, 3.05) is 33.9 Å². The van der Waals surface area contributed by atoms with Gasteiger partial charge in [0.25, 0.3) is 0 Å². The molecule has 1 heterocycles. The average Bonchev–Trinajstić information content (AvgIpc) is 2.52. The molecule has 110 valence electrons. The predicted molar refractivity (Wildman–Crippen MR) is 77.4 cm³/mol. The number of aliphatic imine (C=N–C) groups is 1. The molecule has 1 aliphatic rings. The van der Waals surface area contributed by atoms with Crippen LogP contribution in [-0.4, -0.2) is 44.9 Å². The summed E-state index contributed by atoms with van der Waals surface area (Å²) < 4.78 is 10.4. The van der Waals surface area contributed by atoms with Gasteiger partial charge in [-0.15, -0.1) is 0 Å². The van der Waals surface area contributed by atoms with E-state index in [1.807, 2.05) is 0 Å². The average molecular weight is 279 g/mol. The summed E-state index contributed by atoms with van der Waals surface area (Å²) in [6.45, 7) is 2.11. The minimum absolute atomic E-state index is 0.377. The Morgan fingerprint density at radius 2 is 2.00 bits per heavy atom. The van der Waals surface area contributed by atoms with Crippen molar-refractivity contribution >= 4 is 5.96 Å². The lowest BCUT2D eigenvalue weighted by molar-refractivity contribution is 0.180. The number of hydrogen-bond donors (Lipinski definition) is 3. The first-order valence-corrected chi connectivity index (χ1v) is 6.66. The number of rotatable bonds is 5. The van der Waals surface area contributed by atoms with Crippen LogP contribution in [0.25, 0.3) is 0 Å². The number of ether oxygens (including phenoxy) is 2. The number of guanidine groups is 1. The molecule has 0 saturated heterocycles. The Hall–Kier alpha value is -1.95. The van der Waals surface area contributed by atoms with Gasteiger partial charge < -0.3 is 25.2 Å². The summed E-state index contributed by atoms with van der Waals surface area (Å²) in [5.74, 6) is 2.06. The van der Waals surface area contributed by atoms with Gasteiger partial charge in [-0.2, -0.15) is 0 Å². The summed E-state index contributed by atoms with van der Waals surface area (Å²) in [5.41, 5.74) is 0.741. The minimum Gasteiger partial charge on any atom is -0.497 e. The molecule has 0 saturated carbocycles. The highest BCUT2D eigenvalue weighted by molar-refractivity contribution is 5.80. The molecule has 2 rings (SSSR count). The van der Waals surface area contributed by atoms with E-state index >= 15 is 0 Å². The maximum absolute atomic E-state index is 10.2. The molecular formula is C14H21N3O3. The maximum Gasteiger partial charge on any atom is 0.191 e. The molecule has 0 spiro atoms. The van der Waals surface area contributed by atoms with E-state index < -0.39 is 6.10 Å². The summed E-state index contributed by atoms with van der Waals surface area (Å²) in [7, 11) is 3.17. The molecule has 1 atom stereocenters. The SMILES string of the molecule is COc1cc(OC)cc(C(O)CNC2=NCCCN2)c1. The van der Waals surface area contributed by atoms with E-state index in [0.29, 0.717) is 18.0 Å². The zero-order valence-corrected chi connectivity index (χ0v) is 11.8. The summed E-state index contributed by atoms with van der Waals surface area (Å²) >= 11 is 0. The highest BCUT2D eigenvalue weighted by Gasteiger charge is 2.12. The standard InChI is InChI=1S/C14H21N3O3/c1-19-11-6-10(7-12(8-11)20-2)13(18)9-17-14-15-4-3-5-16-14/h6-8,13,18H,3-5,9H2,1-2H3,(H2,15,16,17). The van der Waals surface area contributed by atoms with E-state index in [9.17, 15) is 5.11 Å². The molecule has 3 N–H and O–H groups in total. The summed E-state index contributed by atoms with van der Waals surface area (Å²) in [4.78, 5) is 4.30. The number of nitrogens with zero attached hydrogens (tertiary/aromatic N) is 1. The summed E-state index contributed by atoms with van der Waals surface area (Å²) in [6.07, 6.45) is 0.381. The number of nitrogens with one attached hydrogen (secondary N) is 2. The first-order chi connectivity index (χ1) is 9.72. The van der Waals surface area contributed by atoms with Crippen LogP contribution >= 0.6 is 0 Å². The lowest BCUT2D eigenvalue weighted by atomic mass is 10.1. The van der Waals surface area contributed by atoms with Gasteiger partial charge in [0.05, 0.1) is 20.3 Å². The van der Waals surface area contributed by atoms with Crippen molar-refractivity contribution in [3.05, 3.63) is 23.8 Å². The molecule has 0 radical (unpaired) electrons. The van der Waals surface area contributed by atoms with Gasteiger partial charge in [0, 0.05) is 25.7 Å². The van der Waals surface area contributed by atoms with Crippen LogP contribution in [0.5, 0.6) is 11.5 Å². The van der Waals surface area contributed by atoms with E-state index in [0.717, 1.165) is 31.0 Å². The molecule has 6 heteroatoms. The maximum atomic E-state index is 10.2. The molecule has 0 aliphatic carbocycles. The van der Waals surface area contributed by atoms with Crippen LogP contribution in [0.2, 0.25) is 0 Å². The fourth-order valence-electron chi connectivity index (χ4n) is 1.98. The van der Waals surface area contributed by atoms with Gasteiger partial charge in [-0.3, -0.25) is 4.99 Å². The van der Waals surface area contributed by atoms with Crippen molar-refractivity contribution in [1.82, 2.24) is 10.6 Å². The highest BCUT2D eigenvalue weighted by atomic mass is 16.5. The Kier molecular flexibility index (Phi) is 5.06. The Labute approximate surface area is 118 Å². The second-order valence-corrected chi connectivity index (χ2v) is 4.55. The molecule has 20 heavy (non-hydrogen) atoms. The van der Waals surface area contributed by atoms with E-state index in [4.69, 9.17) is 9.47 Å². The fraction of sp³-hybridized carbons (Fsp3) is 0.500. The molecule has 0 aromatic heterocycles. The van der Waals surface area contributed by atoms with Crippen LogP contribution < -0.4 is 20.1 Å². The van der Waals surface area contributed by atoms with Crippen LogP contribution in [-0.2, 0) is 0 Å². The number of aliphatic hydroxyl groups is 1. The van der Waals surface area contributed by atoms with E-state index in [-0.39, 0.29) is 0 Å². The monoisotopic (exact) mass is 279 g/mol. The third kappa shape index (κ3) is 3.77. The van der Waals surface area contributed by atoms with Gasteiger partial charge in [-0.25, -0.2) is 0 Å². The Morgan fingerprint density at radius 3 is 2.55 bits per heavy atom. The first-order valence-electron chi connectivity index (χ1n) is 6.66. The quantitative estimate of drug-likeness (QED) is 0.739. The first kappa shape index (κ1) is 14.5. The van der Waals surface area contributed by atoms with Crippen molar-refractivity contribution in [3.63, 3.8) is 0 Å². The molecule has 0 bridgehead atoms. The summed E-state index contributed by atoms with van der Waals surface area (Å²) in [6, 6.07) is 5.37. The number of methoxy groups -OCH3 is 2. The zero-order valence-electron chi connectivity index (χ0n) is 11.8. The molecule has 1 aliphatic heterocycles. The molecule has 0 amide bonds. The van der Waals surface area contributed by atoms with Crippen LogP contribution in [0.1, 0.15) is 18.1 Å². The third-order valence-electron chi connectivity index (χ3n) is 3.12. The number of benzene rings is 1. The van der Waals surface area contributed by atoms with Gasteiger partial charge in [-0.05, 0) is 24.1 Å². The van der Waals surface area contributed by atoms with Gasteiger partial charge in [0.1, 0.15) is 11.5 Å². The Balaban J connectivity index is 2.00. The van der Waals surface area contributed by atoms with Gasteiger partial charge >= 0.3 is 0 Å². The zero-order chi connectivity index (χ0) is 14.4. The van der Waals surface area contributed by atoms with E-state index in [1.165, 1.54) is 0 Å². The molecule has 1 unspecified atom stereocenters. The highest BCUT2D eigenvalue weighted by Crippen LogP contribution is 2.26. The molecule has 6 nitrogen and oxygen atoms in total. The minimum atomic E-state index is -0.662. The Bertz CT molecular complexity index is 454. The van der Waals surface area contributed by atoms with Gasteiger partial charge in [-0.1, -0.05) is 0 Å². The normalized spacial score (nSPS) is 15.8. The fourth-order valence-corrected chi connectivity index (χ4v) is 1.98. The summed E-state index contributed by atoms with van der Waals surface area (Å²) in [5, 5.41) is 16.5. The predicted octanol–water partition coefficient (Wildman–Crippen LogP) is 0.676.